The summed E-state index contributed by atoms with van der Waals surface area (Å²) in [6, 6.07) is 6.07. The third kappa shape index (κ3) is 7.97. The van der Waals surface area contributed by atoms with Crippen molar-refractivity contribution in [3.63, 3.8) is 0 Å². The molecule has 4 unspecified atom stereocenters. The van der Waals surface area contributed by atoms with Crippen LogP contribution in [0.4, 0.5) is 5.82 Å². The Morgan fingerprint density at radius 3 is 2.53 bits per heavy atom. The lowest BCUT2D eigenvalue weighted by molar-refractivity contribution is -0.142. The first-order chi connectivity index (χ1) is 22.3. The first-order valence-corrected chi connectivity index (χ1v) is 18.4. The number of benzene rings is 1. The van der Waals surface area contributed by atoms with E-state index in [2.05, 4.69) is 38.5 Å². The lowest BCUT2D eigenvalue weighted by Gasteiger charge is -2.25. The maximum absolute atomic E-state index is 13.5. The van der Waals surface area contributed by atoms with Gasteiger partial charge in [-0.25, -0.2) is 14.1 Å². The zero-order valence-corrected chi connectivity index (χ0v) is 28.7. The molecule has 17 nitrogen and oxygen atoms in total. The molecule has 1 saturated carbocycles. The number of halogens is 1. The number of phosphoric ester groups is 1. The molecule has 20 heteroatoms. The Morgan fingerprint density at radius 2 is 1.91 bits per heavy atom. The van der Waals surface area contributed by atoms with Crippen LogP contribution in [-0.2, 0) is 38.7 Å². The number of esters is 1. The number of likely N-dealkylation sites (N-methyl/N-ethyl adjacent to an activating group) is 1. The number of nitrogens with one attached hydrogen (secondary N) is 1. The van der Waals surface area contributed by atoms with E-state index in [0.717, 1.165) is 26.7 Å². The molecule has 3 heterocycles. The number of nitrogens with zero attached hydrogens (tertiary/aromatic N) is 5. The SMILES string of the molecule is CCN(CC)CCc1nc2c(N)nc(Cl)nc2n1[C@@H]1C2O[C@H](COP(=O)(O)OP(=O)(N[C@@H](C)C(=O)OC)Oc3ccccc3)[C@H](O)C21. The molecule has 3 aromatic rings. The summed E-state index contributed by atoms with van der Waals surface area (Å²) in [5, 5.41) is 13.4. The maximum Gasteiger partial charge on any atom is 0.481 e. The van der Waals surface area contributed by atoms with Crippen molar-refractivity contribution in [3.8, 4) is 5.75 Å². The third-order valence-corrected chi connectivity index (χ3v) is 11.5. The summed E-state index contributed by atoms with van der Waals surface area (Å²) in [6.45, 7) is 7.28. The van der Waals surface area contributed by atoms with Crippen LogP contribution >= 0.6 is 27.2 Å². The van der Waals surface area contributed by atoms with Crippen molar-refractivity contribution in [2.45, 2.75) is 57.6 Å². The van der Waals surface area contributed by atoms with E-state index in [1.54, 1.807) is 18.2 Å². The molecule has 1 saturated heterocycles. The predicted molar refractivity (Wildman–Crippen MR) is 170 cm³/mol. The van der Waals surface area contributed by atoms with Gasteiger partial charge in [0.25, 0.3) is 0 Å². The molecular formula is C27H38ClN7O10P2. The number of ether oxygens (including phenoxy) is 2. The molecule has 1 aliphatic heterocycles. The fourth-order valence-electron chi connectivity index (χ4n) is 5.62. The summed E-state index contributed by atoms with van der Waals surface area (Å²) in [4.78, 5) is 37.8. The Labute approximate surface area is 275 Å². The highest BCUT2D eigenvalue weighted by Gasteiger charge is 2.65. The molecule has 5 N–H and O–H groups in total. The Kier molecular flexibility index (Phi) is 10.9. The number of aliphatic hydroxyl groups excluding tert-OH is 1. The summed E-state index contributed by atoms with van der Waals surface area (Å²) < 4.78 is 54.5. The molecule has 47 heavy (non-hydrogen) atoms. The van der Waals surface area contributed by atoms with Gasteiger partial charge in [0.2, 0.25) is 5.28 Å². The molecule has 2 aromatic heterocycles. The number of para-hydroxylation sites is 1. The van der Waals surface area contributed by atoms with Crippen LogP contribution in [0.2, 0.25) is 5.28 Å². The monoisotopic (exact) mass is 717 g/mol. The number of imidazole rings is 1. The van der Waals surface area contributed by atoms with E-state index in [9.17, 15) is 23.9 Å². The highest BCUT2D eigenvalue weighted by molar-refractivity contribution is 7.63. The van der Waals surface area contributed by atoms with Gasteiger partial charge in [0.1, 0.15) is 23.7 Å². The molecule has 0 radical (unpaired) electrons. The topological polar surface area (TPSA) is 223 Å². The second kappa shape index (κ2) is 14.4. The van der Waals surface area contributed by atoms with Crippen molar-refractivity contribution in [3.05, 3.63) is 41.4 Å². The van der Waals surface area contributed by atoms with E-state index in [4.69, 9.17) is 40.4 Å². The number of hydrogen-bond acceptors (Lipinski definition) is 14. The largest absolute Gasteiger partial charge is 0.481 e. The second-order valence-electron chi connectivity index (χ2n) is 11.0. The van der Waals surface area contributed by atoms with Gasteiger partial charge in [-0.05, 0) is 43.7 Å². The van der Waals surface area contributed by atoms with Gasteiger partial charge in [-0.2, -0.15) is 19.4 Å². The van der Waals surface area contributed by atoms with E-state index >= 15 is 0 Å². The van der Waals surface area contributed by atoms with E-state index in [0.29, 0.717) is 23.4 Å². The maximum atomic E-state index is 13.5. The zero-order valence-electron chi connectivity index (χ0n) is 26.1. The third-order valence-electron chi connectivity index (χ3n) is 8.02. The number of nitrogen functional groups attached to an aromatic ring is 1. The van der Waals surface area contributed by atoms with Gasteiger partial charge in [0, 0.05) is 18.9 Å². The number of rotatable bonds is 16. The number of fused-ring (bicyclic) bond motifs is 2. The molecule has 5 rings (SSSR count). The average molecular weight is 718 g/mol. The van der Waals surface area contributed by atoms with Gasteiger partial charge < -0.3 is 39.2 Å². The fraction of sp³-hybridized carbons (Fsp3) is 0.556. The number of anilines is 1. The Hall–Kier alpha value is -2.69. The van der Waals surface area contributed by atoms with Crippen molar-refractivity contribution in [2.24, 2.45) is 5.92 Å². The summed E-state index contributed by atoms with van der Waals surface area (Å²) in [6.07, 6.45) is -2.10. The molecule has 0 bridgehead atoms. The van der Waals surface area contributed by atoms with Crippen molar-refractivity contribution in [2.75, 3.05) is 39.1 Å². The van der Waals surface area contributed by atoms with Crippen LogP contribution in [0.5, 0.6) is 5.75 Å². The highest BCUT2D eigenvalue weighted by atomic mass is 35.5. The number of phosphoric acid groups is 1. The molecule has 0 spiro atoms. The van der Waals surface area contributed by atoms with Crippen molar-refractivity contribution >= 4 is 50.1 Å². The quantitative estimate of drug-likeness (QED) is 0.0950. The van der Waals surface area contributed by atoms with Gasteiger partial charge in [-0.1, -0.05) is 32.0 Å². The number of nitrogens with two attached hydrogens (primary N) is 1. The number of carbonyl (C=O) groups is 1. The first kappa shape index (κ1) is 35.6. The van der Waals surface area contributed by atoms with Crippen molar-refractivity contribution < 1.29 is 46.8 Å². The number of aromatic nitrogens is 4. The standard InChI is InChI=1S/C27H38ClN7O10P2/c1-5-34(6-2)13-12-18-30-20-24(29)31-27(28)32-25(20)35(18)21-19-22(36)17(43-23(19)21)14-42-47(39,40)45-46(38,33-15(3)26(37)41-4)44-16-10-8-7-9-11-16/h7-11,15,17,19,21-23,36H,5-6,12-14H2,1-4H3,(H,33,38)(H,39,40)(H2,29,31,32)/t15-,17+,19?,21-,22-,23?,46?/m0/s1. The number of carbonyl (C=O) groups excluding carboxylic acids is 1. The predicted octanol–water partition coefficient (Wildman–Crippen LogP) is 2.72. The minimum atomic E-state index is -5.13. The Morgan fingerprint density at radius 1 is 1.21 bits per heavy atom. The smallest absolute Gasteiger partial charge is 0.468 e. The van der Waals surface area contributed by atoms with Crippen LogP contribution in [0.25, 0.3) is 11.2 Å². The van der Waals surface area contributed by atoms with Crippen LogP contribution in [0.1, 0.15) is 32.6 Å². The van der Waals surface area contributed by atoms with Gasteiger partial charge in [-0.15, -0.1) is 0 Å². The molecular weight excluding hydrogens is 680 g/mol. The molecule has 1 aliphatic carbocycles. The molecule has 0 amide bonds. The minimum Gasteiger partial charge on any atom is -0.468 e. The minimum absolute atomic E-state index is 0.0258. The summed E-state index contributed by atoms with van der Waals surface area (Å²) >= 11 is 6.13. The summed E-state index contributed by atoms with van der Waals surface area (Å²) in [5.41, 5.74) is 6.91. The molecule has 1 aromatic carbocycles. The fourth-order valence-corrected chi connectivity index (χ4v) is 8.76. The first-order valence-electron chi connectivity index (χ1n) is 14.9. The van der Waals surface area contributed by atoms with E-state index in [1.807, 2.05) is 4.57 Å². The van der Waals surface area contributed by atoms with Crippen LogP contribution < -0.4 is 15.3 Å². The van der Waals surface area contributed by atoms with Gasteiger partial charge in [0.15, 0.2) is 17.0 Å². The average Bonchev–Trinajstić information content (AvgIpc) is 3.44. The van der Waals surface area contributed by atoms with Crippen LogP contribution in [0, 0.1) is 5.92 Å². The zero-order chi connectivity index (χ0) is 34.1. The van der Waals surface area contributed by atoms with Crippen LogP contribution in [-0.4, -0.2) is 98.1 Å². The van der Waals surface area contributed by atoms with Crippen molar-refractivity contribution in [1.29, 1.82) is 0 Å². The molecule has 2 aliphatic rings. The van der Waals surface area contributed by atoms with Gasteiger partial charge >= 0.3 is 21.5 Å². The van der Waals surface area contributed by atoms with E-state index < -0.39 is 58.4 Å². The lowest BCUT2D eigenvalue weighted by atomic mass is 10.1. The van der Waals surface area contributed by atoms with Crippen molar-refractivity contribution in [1.82, 2.24) is 29.5 Å². The van der Waals surface area contributed by atoms with E-state index in [-0.39, 0.29) is 22.9 Å². The van der Waals surface area contributed by atoms with E-state index in [1.165, 1.54) is 19.1 Å². The molecule has 8 atom stereocenters. The van der Waals surface area contributed by atoms with Crippen LogP contribution in [0.15, 0.2) is 30.3 Å². The summed E-state index contributed by atoms with van der Waals surface area (Å²) in [7, 11) is -8.71. The van der Waals surface area contributed by atoms with Crippen LogP contribution in [0.3, 0.4) is 0 Å². The second-order valence-corrected chi connectivity index (χ2v) is 14.7. The number of methoxy groups -OCH3 is 1. The number of aliphatic hydroxyl groups is 1. The lowest BCUT2D eigenvalue weighted by Crippen LogP contribution is -2.34. The molecule has 2 fully saturated rings. The summed E-state index contributed by atoms with van der Waals surface area (Å²) in [5.74, 6) is -0.428. The Bertz CT molecular complexity index is 1680. The van der Waals surface area contributed by atoms with Gasteiger partial charge in [0.05, 0.1) is 32.0 Å². The number of hydrogen-bond donors (Lipinski definition) is 4. The highest BCUT2D eigenvalue weighted by Crippen LogP contribution is 2.62. The van der Waals surface area contributed by atoms with Gasteiger partial charge in [-0.3, -0.25) is 9.32 Å². The normalized spacial score (nSPS) is 25.2. The Balaban J connectivity index is 1.28. The molecule has 258 valence electrons.